The third kappa shape index (κ3) is 7.33. The zero-order valence-electron chi connectivity index (χ0n) is 30.1. The summed E-state index contributed by atoms with van der Waals surface area (Å²) in [5.74, 6) is -1.79. The lowest BCUT2D eigenvalue weighted by Crippen LogP contribution is -2.44. The number of fused-ring (bicyclic) bond motifs is 3. The Morgan fingerprint density at radius 1 is 1.09 bits per heavy atom. The predicted molar refractivity (Wildman–Crippen MR) is 196 cm³/mol. The van der Waals surface area contributed by atoms with Crippen molar-refractivity contribution in [1.82, 2.24) is 24.6 Å². The van der Waals surface area contributed by atoms with Crippen molar-refractivity contribution in [3.05, 3.63) is 95.0 Å². The molecule has 0 saturated carbocycles. The van der Waals surface area contributed by atoms with Gasteiger partial charge in [0.1, 0.15) is 36.2 Å². The molecule has 2 aliphatic rings. The van der Waals surface area contributed by atoms with Crippen LogP contribution < -0.4 is 20.9 Å². The molecule has 2 fully saturated rings. The van der Waals surface area contributed by atoms with E-state index in [2.05, 4.69) is 20.0 Å². The molecule has 3 aromatic carbocycles. The van der Waals surface area contributed by atoms with Crippen LogP contribution >= 0.6 is 7.75 Å². The number of nitrogens with zero attached hydrogens (tertiary/aromatic N) is 3. The zero-order chi connectivity index (χ0) is 37.5. The van der Waals surface area contributed by atoms with E-state index in [1.54, 1.807) is 30.5 Å². The fourth-order valence-electron chi connectivity index (χ4n) is 6.93. The number of rotatable bonds is 13. The SMILES string of the molecule is CC[C@H](C)[C@H](NP(=O)(OC[C@H]1O[C@@H](n2cnc3c(=O)[nH]c(N)nc32)[C@]2(C)OC(C)(C)O[C@H]12)Oc1cccc2ccccc12)C(=O)OCc1ccccc1. The number of imidazole rings is 1. The second-order valence-corrected chi connectivity index (χ2v) is 15.7. The van der Waals surface area contributed by atoms with Crippen LogP contribution in [0.25, 0.3) is 21.9 Å². The fourth-order valence-corrected chi connectivity index (χ4v) is 8.57. The topological polar surface area (TPSA) is 191 Å². The number of esters is 1. The molecule has 53 heavy (non-hydrogen) atoms. The predicted octanol–water partition coefficient (Wildman–Crippen LogP) is 5.61. The van der Waals surface area contributed by atoms with Gasteiger partial charge in [0.25, 0.3) is 5.56 Å². The number of aromatic amines is 1. The van der Waals surface area contributed by atoms with Gasteiger partial charge in [0, 0.05) is 5.39 Å². The minimum atomic E-state index is -4.41. The molecule has 16 heteroatoms. The van der Waals surface area contributed by atoms with Gasteiger partial charge < -0.3 is 29.2 Å². The Labute approximate surface area is 305 Å². The third-order valence-electron chi connectivity index (χ3n) is 9.64. The smallest absolute Gasteiger partial charge is 0.459 e. The summed E-state index contributed by atoms with van der Waals surface area (Å²) in [5.41, 5.74) is 5.28. The molecule has 4 N–H and O–H groups in total. The molecule has 0 bridgehead atoms. The molecule has 0 spiro atoms. The number of ether oxygens (including phenoxy) is 4. The summed E-state index contributed by atoms with van der Waals surface area (Å²) in [6, 6.07) is 21.1. The largest absolute Gasteiger partial charge is 0.460 e. The molecular formula is C37H43N6O9P. The quantitative estimate of drug-likeness (QED) is 0.0996. The highest BCUT2D eigenvalue weighted by atomic mass is 31.2. The third-order valence-corrected chi connectivity index (χ3v) is 11.2. The minimum absolute atomic E-state index is 0.0314. The number of anilines is 1. The molecule has 7 atom stereocenters. The molecule has 4 heterocycles. The van der Waals surface area contributed by atoms with Crippen LogP contribution in [0.15, 0.2) is 83.9 Å². The number of hydrogen-bond acceptors (Lipinski definition) is 12. The standard InChI is InChI=1S/C37H43N6O9P/c1-6-22(2)28(33(45)47-19-23-13-8-7-9-14-23)42-53(46,51-26-18-12-16-24-15-10-11-17-25(24)26)48-20-27-30-37(5,52-36(3,4)50-30)34(49-27)43-21-39-29-31(43)40-35(38)41-32(29)44/h7-18,21-22,27-28,30,34H,6,19-20H2,1-5H3,(H,42,46)(H3,38,40,41,44)/t22-,27+,28-,30+,34+,37+,53?/m0/s1. The highest BCUT2D eigenvalue weighted by molar-refractivity contribution is 7.52. The van der Waals surface area contributed by atoms with Crippen LogP contribution in [0.5, 0.6) is 5.75 Å². The maximum Gasteiger partial charge on any atom is 0.459 e. The van der Waals surface area contributed by atoms with Gasteiger partial charge in [0.2, 0.25) is 5.95 Å². The summed E-state index contributed by atoms with van der Waals surface area (Å²) in [7, 11) is -4.41. The zero-order valence-corrected chi connectivity index (χ0v) is 30.9. The summed E-state index contributed by atoms with van der Waals surface area (Å²) in [6.07, 6.45) is -0.589. The van der Waals surface area contributed by atoms with E-state index in [0.717, 1.165) is 10.9 Å². The maximum atomic E-state index is 15.1. The normalized spacial score (nSPS) is 24.4. The van der Waals surface area contributed by atoms with Crippen molar-refractivity contribution in [2.75, 3.05) is 12.3 Å². The van der Waals surface area contributed by atoms with Crippen molar-refractivity contribution in [2.24, 2.45) is 5.92 Å². The molecule has 280 valence electrons. The number of nitrogen functional groups attached to an aromatic ring is 1. The first kappa shape index (κ1) is 36.7. The van der Waals surface area contributed by atoms with Gasteiger partial charge in [0.05, 0.1) is 12.9 Å². The van der Waals surface area contributed by atoms with E-state index >= 15 is 4.57 Å². The Morgan fingerprint density at radius 2 is 1.83 bits per heavy atom. The molecule has 7 rings (SSSR count). The van der Waals surface area contributed by atoms with Gasteiger partial charge >= 0.3 is 13.7 Å². The average Bonchev–Trinajstić information content (AvgIpc) is 3.74. The van der Waals surface area contributed by atoms with Gasteiger partial charge in [0.15, 0.2) is 23.2 Å². The molecule has 1 unspecified atom stereocenters. The Kier molecular flexibility index (Phi) is 9.91. The van der Waals surface area contributed by atoms with E-state index < -0.39 is 55.1 Å². The lowest BCUT2D eigenvalue weighted by Gasteiger charge is -2.30. The number of carbonyl (C=O) groups excluding carboxylic acids is 1. The van der Waals surface area contributed by atoms with Crippen molar-refractivity contribution in [2.45, 2.75) is 83.5 Å². The van der Waals surface area contributed by atoms with Crippen molar-refractivity contribution >= 4 is 41.6 Å². The second kappa shape index (κ2) is 14.3. The maximum absolute atomic E-state index is 15.1. The number of benzene rings is 3. The Bertz CT molecular complexity index is 2220. The van der Waals surface area contributed by atoms with Crippen LogP contribution in [0.1, 0.15) is 52.8 Å². The first-order valence-corrected chi connectivity index (χ1v) is 19.0. The van der Waals surface area contributed by atoms with E-state index in [0.29, 0.717) is 11.8 Å². The van der Waals surface area contributed by atoms with E-state index in [1.807, 2.05) is 81.4 Å². The lowest BCUT2D eigenvalue weighted by atomic mass is 9.96. The molecule has 2 aliphatic heterocycles. The van der Waals surface area contributed by atoms with E-state index in [9.17, 15) is 9.59 Å². The van der Waals surface area contributed by atoms with Crippen LogP contribution in [-0.2, 0) is 39.4 Å². The monoisotopic (exact) mass is 746 g/mol. The van der Waals surface area contributed by atoms with Gasteiger partial charge in [-0.3, -0.25) is 23.7 Å². The molecule has 5 aromatic rings. The van der Waals surface area contributed by atoms with Gasteiger partial charge in [-0.25, -0.2) is 9.55 Å². The van der Waals surface area contributed by atoms with Crippen LogP contribution in [0, 0.1) is 5.92 Å². The van der Waals surface area contributed by atoms with Gasteiger partial charge in [-0.15, -0.1) is 0 Å². The van der Waals surface area contributed by atoms with Crippen LogP contribution in [0.2, 0.25) is 0 Å². The number of nitrogens with one attached hydrogen (secondary N) is 2. The molecule has 2 saturated heterocycles. The highest BCUT2D eigenvalue weighted by Crippen LogP contribution is 2.53. The van der Waals surface area contributed by atoms with Crippen molar-refractivity contribution in [1.29, 1.82) is 0 Å². The van der Waals surface area contributed by atoms with Crippen molar-refractivity contribution < 1.29 is 37.4 Å². The molecule has 0 amide bonds. The first-order valence-electron chi connectivity index (χ1n) is 17.5. The number of carbonyl (C=O) groups is 1. The van der Waals surface area contributed by atoms with Crippen LogP contribution in [-0.4, -0.2) is 61.7 Å². The Hall–Kier alpha value is -4.63. The molecule has 15 nitrogen and oxygen atoms in total. The summed E-state index contributed by atoms with van der Waals surface area (Å²) >= 11 is 0. The Balaban J connectivity index is 1.21. The summed E-state index contributed by atoms with van der Waals surface area (Å²) in [5, 5.41) is 4.50. The summed E-state index contributed by atoms with van der Waals surface area (Å²) in [6.45, 7) is 8.84. The fraction of sp³-hybridized carbons (Fsp3) is 0.405. The second-order valence-electron chi connectivity index (χ2n) is 14.0. The van der Waals surface area contributed by atoms with E-state index in [4.69, 9.17) is 33.7 Å². The van der Waals surface area contributed by atoms with Gasteiger partial charge in [-0.1, -0.05) is 87.0 Å². The van der Waals surface area contributed by atoms with Crippen LogP contribution in [0.3, 0.4) is 0 Å². The molecule has 0 aliphatic carbocycles. The number of hydrogen-bond donors (Lipinski definition) is 3. The molecule has 2 aromatic heterocycles. The summed E-state index contributed by atoms with van der Waals surface area (Å²) in [4.78, 5) is 37.3. The Morgan fingerprint density at radius 3 is 2.60 bits per heavy atom. The number of aromatic nitrogens is 4. The molecule has 0 radical (unpaired) electrons. The summed E-state index contributed by atoms with van der Waals surface area (Å²) < 4.78 is 54.2. The molecular weight excluding hydrogens is 703 g/mol. The van der Waals surface area contributed by atoms with Crippen molar-refractivity contribution in [3.8, 4) is 5.75 Å². The van der Waals surface area contributed by atoms with Gasteiger partial charge in [-0.2, -0.15) is 10.1 Å². The van der Waals surface area contributed by atoms with Gasteiger partial charge in [-0.05, 0) is 43.7 Å². The highest BCUT2D eigenvalue weighted by Gasteiger charge is 2.64. The first-order chi connectivity index (χ1) is 25.3. The lowest BCUT2D eigenvalue weighted by molar-refractivity contribution is -0.216. The van der Waals surface area contributed by atoms with E-state index in [1.165, 1.54) is 6.33 Å². The van der Waals surface area contributed by atoms with Crippen molar-refractivity contribution in [3.63, 3.8) is 0 Å². The minimum Gasteiger partial charge on any atom is -0.460 e. The number of H-pyrrole nitrogens is 1. The van der Waals surface area contributed by atoms with E-state index in [-0.39, 0.29) is 42.0 Å². The number of nitrogens with two attached hydrogens (primary N) is 1. The average molecular weight is 747 g/mol. The van der Waals surface area contributed by atoms with Crippen LogP contribution in [0.4, 0.5) is 5.95 Å².